The number of hydrogen-bond acceptors (Lipinski definition) is 2. The van der Waals surface area contributed by atoms with E-state index in [0.29, 0.717) is 17.9 Å². The van der Waals surface area contributed by atoms with Crippen LogP contribution in [0, 0.1) is 0 Å². The molecule has 2 rings (SSSR count). The molecule has 1 amide bonds. The van der Waals surface area contributed by atoms with Gasteiger partial charge in [0.1, 0.15) is 0 Å². The fourth-order valence-corrected chi connectivity index (χ4v) is 2.31. The van der Waals surface area contributed by atoms with E-state index < -0.39 is 0 Å². The van der Waals surface area contributed by atoms with Crippen LogP contribution in [0.3, 0.4) is 0 Å². The molecule has 1 aromatic heterocycles. The molecule has 1 aromatic carbocycles. The number of hydrogen-bond donors (Lipinski definition) is 1. The van der Waals surface area contributed by atoms with Gasteiger partial charge in [-0.3, -0.25) is 4.79 Å². The predicted octanol–water partition coefficient (Wildman–Crippen LogP) is 3.01. The van der Waals surface area contributed by atoms with Crippen molar-refractivity contribution in [3.8, 4) is 5.69 Å². The van der Waals surface area contributed by atoms with Crippen molar-refractivity contribution in [2.75, 3.05) is 5.88 Å². The van der Waals surface area contributed by atoms with Gasteiger partial charge in [-0.05, 0) is 32.4 Å². The monoisotopic (exact) mass is 291 g/mol. The van der Waals surface area contributed by atoms with Gasteiger partial charge in [-0.25, -0.2) is 4.68 Å². The highest BCUT2D eigenvalue weighted by atomic mass is 35.5. The predicted molar refractivity (Wildman–Crippen MR) is 80.4 cm³/mol. The van der Waals surface area contributed by atoms with Gasteiger partial charge in [0.2, 0.25) is 0 Å². The van der Waals surface area contributed by atoms with E-state index in [1.807, 2.05) is 44.2 Å². The maximum Gasteiger partial charge on any atom is 0.254 e. The number of rotatable bonds is 5. The molecule has 106 valence electrons. The molecular weight excluding hydrogens is 274 g/mol. The van der Waals surface area contributed by atoms with Crippen molar-refractivity contribution in [1.29, 1.82) is 0 Å². The number of aromatic nitrogens is 2. The zero-order valence-corrected chi connectivity index (χ0v) is 12.4. The van der Waals surface area contributed by atoms with E-state index in [9.17, 15) is 4.79 Å². The maximum atomic E-state index is 12.2. The summed E-state index contributed by atoms with van der Waals surface area (Å²) in [5.74, 6) is 0.374. The van der Waals surface area contributed by atoms with Gasteiger partial charge in [0, 0.05) is 17.6 Å². The minimum absolute atomic E-state index is 0.137. The van der Waals surface area contributed by atoms with Crippen LogP contribution < -0.4 is 5.32 Å². The van der Waals surface area contributed by atoms with E-state index in [2.05, 4.69) is 10.4 Å². The van der Waals surface area contributed by atoms with Crippen LogP contribution >= 0.6 is 11.6 Å². The third-order valence-electron chi connectivity index (χ3n) is 3.04. The van der Waals surface area contributed by atoms with Crippen LogP contribution in [0.5, 0.6) is 0 Å². The molecule has 0 aliphatic heterocycles. The Bertz CT molecular complexity index is 578. The first-order chi connectivity index (χ1) is 9.52. The highest BCUT2D eigenvalue weighted by Crippen LogP contribution is 2.12. The lowest BCUT2D eigenvalue weighted by molar-refractivity contribution is 0.0911. The number of carbonyl (C=O) groups excluding carboxylic acids is 1. The standard InChI is InChI=1S/C15H18ClN3O/c1-15(2,8-9-16)18-14(20)12-10-17-19(11-12)13-6-4-3-5-7-13/h3-7,10-11H,8-9H2,1-2H3,(H,18,20). The number of carbonyl (C=O) groups is 1. The summed E-state index contributed by atoms with van der Waals surface area (Å²) in [5.41, 5.74) is 1.14. The van der Waals surface area contributed by atoms with Gasteiger partial charge < -0.3 is 5.32 Å². The number of amides is 1. The second-order valence-electron chi connectivity index (χ2n) is 5.29. The molecular formula is C15H18ClN3O. The highest BCUT2D eigenvalue weighted by molar-refractivity contribution is 6.17. The molecule has 5 heteroatoms. The molecule has 0 atom stereocenters. The average Bonchev–Trinajstić information content (AvgIpc) is 2.88. The first kappa shape index (κ1) is 14.6. The van der Waals surface area contributed by atoms with Gasteiger partial charge in [0.25, 0.3) is 5.91 Å². The number of alkyl halides is 1. The van der Waals surface area contributed by atoms with Gasteiger partial charge >= 0.3 is 0 Å². The van der Waals surface area contributed by atoms with Crippen LogP contribution in [0.25, 0.3) is 5.69 Å². The summed E-state index contributed by atoms with van der Waals surface area (Å²) in [5, 5.41) is 7.17. The Morgan fingerprint density at radius 2 is 2.05 bits per heavy atom. The van der Waals surface area contributed by atoms with Crippen LogP contribution in [0.15, 0.2) is 42.7 Å². The SMILES string of the molecule is CC(C)(CCCl)NC(=O)c1cnn(-c2ccccc2)c1. The maximum absolute atomic E-state index is 12.2. The second-order valence-corrected chi connectivity index (χ2v) is 5.66. The van der Waals surface area contributed by atoms with E-state index in [4.69, 9.17) is 11.6 Å². The Hall–Kier alpha value is -1.81. The lowest BCUT2D eigenvalue weighted by atomic mass is 10.0. The third-order valence-corrected chi connectivity index (χ3v) is 3.23. The van der Waals surface area contributed by atoms with Gasteiger partial charge in [0.05, 0.1) is 17.4 Å². The van der Waals surface area contributed by atoms with E-state index in [1.165, 1.54) is 0 Å². The number of nitrogens with zero attached hydrogens (tertiary/aromatic N) is 2. The summed E-state index contributed by atoms with van der Waals surface area (Å²) in [7, 11) is 0. The number of nitrogens with one attached hydrogen (secondary N) is 1. The molecule has 2 aromatic rings. The lowest BCUT2D eigenvalue weighted by Crippen LogP contribution is -2.43. The van der Waals surface area contributed by atoms with Crippen molar-refractivity contribution >= 4 is 17.5 Å². The molecule has 0 saturated carbocycles. The largest absolute Gasteiger partial charge is 0.347 e. The number of benzene rings is 1. The fourth-order valence-electron chi connectivity index (χ4n) is 1.84. The van der Waals surface area contributed by atoms with Crippen LogP contribution in [-0.4, -0.2) is 27.1 Å². The van der Waals surface area contributed by atoms with Gasteiger partial charge in [-0.2, -0.15) is 5.10 Å². The first-order valence-corrected chi connectivity index (χ1v) is 7.04. The topological polar surface area (TPSA) is 46.9 Å². The summed E-state index contributed by atoms with van der Waals surface area (Å²) < 4.78 is 1.68. The molecule has 20 heavy (non-hydrogen) atoms. The van der Waals surface area contributed by atoms with Crippen molar-refractivity contribution in [2.24, 2.45) is 0 Å². The minimum atomic E-state index is -0.326. The highest BCUT2D eigenvalue weighted by Gasteiger charge is 2.21. The lowest BCUT2D eigenvalue weighted by Gasteiger charge is -2.24. The quantitative estimate of drug-likeness (QED) is 0.861. The zero-order valence-electron chi connectivity index (χ0n) is 11.6. The summed E-state index contributed by atoms with van der Waals surface area (Å²) in [4.78, 5) is 12.2. The Morgan fingerprint density at radius 3 is 2.70 bits per heavy atom. The normalized spacial score (nSPS) is 11.3. The smallest absolute Gasteiger partial charge is 0.254 e. The Balaban J connectivity index is 2.11. The number of halogens is 1. The molecule has 1 N–H and O–H groups in total. The third kappa shape index (κ3) is 3.61. The van der Waals surface area contributed by atoms with Crippen molar-refractivity contribution in [3.63, 3.8) is 0 Å². The summed E-state index contributed by atoms with van der Waals surface area (Å²) in [6.07, 6.45) is 4.01. The summed E-state index contributed by atoms with van der Waals surface area (Å²) in [6, 6.07) is 9.67. The van der Waals surface area contributed by atoms with E-state index >= 15 is 0 Å². The molecule has 0 saturated heterocycles. The van der Waals surface area contributed by atoms with E-state index in [0.717, 1.165) is 5.69 Å². The second kappa shape index (κ2) is 6.09. The van der Waals surface area contributed by atoms with Crippen molar-refractivity contribution in [3.05, 3.63) is 48.3 Å². The van der Waals surface area contributed by atoms with E-state index in [-0.39, 0.29) is 11.4 Å². The Kier molecular flexibility index (Phi) is 4.45. The Morgan fingerprint density at radius 1 is 1.35 bits per heavy atom. The van der Waals surface area contributed by atoms with Crippen LogP contribution in [0.4, 0.5) is 0 Å². The summed E-state index contributed by atoms with van der Waals surface area (Å²) >= 11 is 5.73. The number of para-hydroxylation sites is 1. The van der Waals surface area contributed by atoms with Crippen LogP contribution in [0.1, 0.15) is 30.6 Å². The minimum Gasteiger partial charge on any atom is -0.347 e. The van der Waals surface area contributed by atoms with Crippen molar-refractivity contribution in [1.82, 2.24) is 15.1 Å². The van der Waals surface area contributed by atoms with Gasteiger partial charge in [-0.1, -0.05) is 18.2 Å². The molecule has 0 unspecified atom stereocenters. The molecule has 0 fully saturated rings. The molecule has 0 bridgehead atoms. The van der Waals surface area contributed by atoms with E-state index in [1.54, 1.807) is 17.1 Å². The van der Waals surface area contributed by atoms with Gasteiger partial charge in [0.15, 0.2) is 0 Å². The van der Waals surface area contributed by atoms with Crippen molar-refractivity contribution in [2.45, 2.75) is 25.8 Å². The summed E-state index contributed by atoms with van der Waals surface area (Å²) in [6.45, 7) is 3.91. The van der Waals surface area contributed by atoms with Crippen LogP contribution in [-0.2, 0) is 0 Å². The zero-order chi connectivity index (χ0) is 14.6. The molecule has 0 spiro atoms. The van der Waals surface area contributed by atoms with Gasteiger partial charge in [-0.15, -0.1) is 11.6 Å². The average molecular weight is 292 g/mol. The fraction of sp³-hybridized carbons (Fsp3) is 0.333. The molecule has 0 aliphatic carbocycles. The first-order valence-electron chi connectivity index (χ1n) is 6.50. The molecule has 0 radical (unpaired) electrons. The van der Waals surface area contributed by atoms with Crippen LogP contribution in [0.2, 0.25) is 0 Å². The molecule has 1 heterocycles. The Labute approximate surface area is 123 Å². The van der Waals surface area contributed by atoms with Crippen molar-refractivity contribution < 1.29 is 4.79 Å². The molecule has 0 aliphatic rings. The molecule has 4 nitrogen and oxygen atoms in total.